The minimum Gasteiger partial charge on any atom is -0.494 e. The molecule has 1 heterocycles. The van der Waals surface area contributed by atoms with Gasteiger partial charge >= 0.3 is 0 Å². The molecule has 1 unspecified atom stereocenters. The minimum atomic E-state index is -0.934. The number of benzene rings is 2. The number of nitrogens with one attached hydrogen (secondary N) is 2. The molecule has 1 atom stereocenters. The highest BCUT2D eigenvalue weighted by atomic mass is 32.1. The number of unbranched alkanes of at least 4 members (excludes halogenated alkanes) is 3. The van der Waals surface area contributed by atoms with Gasteiger partial charge in [0, 0.05) is 18.3 Å². The summed E-state index contributed by atoms with van der Waals surface area (Å²) in [6, 6.07) is 14.7. The molecule has 2 N–H and O–H groups in total. The fourth-order valence-corrected chi connectivity index (χ4v) is 3.79. The number of hydrazine groups is 1. The fourth-order valence-electron chi connectivity index (χ4n) is 3.53. The Morgan fingerprint density at radius 1 is 1.03 bits per heavy atom. The van der Waals surface area contributed by atoms with Crippen LogP contribution < -0.4 is 15.5 Å². The van der Waals surface area contributed by atoms with Crippen molar-refractivity contribution in [2.45, 2.75) is 45.1 Å². The number of nitrogens with zero attached hydrogens (tertiary/aromatic N) is 2. The third-order valence-electron chi connectivity index (χ3n) is 5.46. The van der Waals surface area contributed by atoms with E-state index in [4.69, 9.17) is 17.0 Å². The predicted octanol–water partition coefficient (Wildman–Crippen LogP) is 3.75. The number of likely N-dealkylation sites (N-methyl/N-ethyl adjacent to an activating group) is 1. The van der Waals surface area contributed by atoms with Crippen molar-refractivity contribution in [2.75, 3.05) is 19.0 Å². The van der Waals surface area contributed by atoms with E-state index in [0.29, 0.717) is 17.9 Å². The Kier molecular flexibility index (Phi) is 8.98. The summed E-state index contributed by atoms with van der Waals surface area (Å²) in [7, 11) is 1.52. The number of amides is 3. The first kappa shape index (κ1) is 25.2. The van der Waals surface area contributed by atoms with E-state index >= 15 is 0 Å². The number of rotatable bonds is 11. The van der Waals surface area contributed by atoms with Gasteiger partial charge in [-0.25, -0.2) is 5.01 Å². The Hall–Kier alpha value is -3.46. The predicted molar refractivity (Wildman–Crippen MR) is 134 cm³/mol. The normalized spacial score (nSPS) is 15.4. The van der Waals surface area contributed by atoms with Crippen LogP contribution in [-0.2, 0) is 9.59 Å². The SMILES string of the molecule is CCCCCCOc1ccc(NC(=O)CC2C(=O)N(C)C(=S)N2NC(=O)c2ccccc2)cc1. The van der Waals surface area contributed by atoms with Crippen molar-refractivity contribution < 1.29 is 19.1 Å². The van der Waals surface area contributed by atoms with Gasteiger partial charge in [-0.1, -0.05) is 44.4 Å². The molecule has 3 amide bonds. The average Bonchev–Trinajstić information content (AvgIpc) is 3.04. The molecule has 2 aromatic rings. The molecule has 1 aliphatic heterocycles. The minimum absolute atomic E-state index is 0.132. The second kappa shape index (κ2) is 12.1. The molecular formula is C25H30N4O4S. The Morgan fingerprint density at radius 2 is 1.74 bits per heavy atom. The topological polar surface area (TPSA) is 91.0 Å². The first-order valence-corrected chi connectivity index (χ1v) is 11.8. The third kappa shape index (κ3) is 6.54. The Bertz CT molecular complexity index is 1010. The van der Waals surface area contributed by atoms with Crippen LogP contribution in [0.15, 0.2) is 54.6 Å². The Labute approximate surface area is 205 Å². The summed E-state index contributed by atoms with van der Waals surface area (Å²) in [4.78, 5) is 39.2. The first-order chi connectivity index (χ1) is 16.4. The number of hydrogen-bond donors (Lipinski definition) is 2. The Morgan fingerprint density at radius 3 is 2.41 bits per heavy atom. The number of hydrogen-bond acceptors (Lipinski definition) is 5. The maximum atomic E-state index is 12.7. The van der Waals surface area contributed by atoms with Crippen LogP contribution in [0.25, 0.3) is 0 Å². The van der Waals surface area contributed by atoms with Gasteiger partial charge in [-0.3, -0.25) is 24.7 Å². The van der Waals surface area contributed by atoms with Gasteiger partial charge in [0.25, 0.3) is 11.8 Å². The van der Waals surface area contributed by atoms with Crippen LogP contribution in [0.1, 0.15) is 49.4 Å². The number of carbonyl (C=O) groups excluding carboxylic acids is 3. The summed E-state index contributed by atoms with van der Waals surface area (Å²) in [6.07, 6.45) is 4.36. The van der Waals surface area contributed by atoms with Gasteiger partial charge in [0.05, 0.1) is 13.0 Å². The standard InChI is InChI=1S/C25H30N4O4S/c1-3-4-5-9-16-33-20-14-12-19(13-15-20)26-22(30)17-21-24(32)28(2)25(34)29(21)27-23(31)18-10-7-6-8-11-18/h6-8,10-15,21H,3-5,9,16-17H2,1-2H3,(H,26,30)(H,27,31). The van der Waals surface area contributed by atoms with E-state index in [9.17, 15) is 14.4 Å². The van der Waals surface area contributed by atoms with Crippen molar-refractivity contribution in [3.05, 3.63) is 60.2 Å². The lowest BCUT2D eigenvalue weighted by atomic mass is 10.2. The zero-order valence-electron chi connectivity index (χ0n) is 19.5. The van der Waals surface area contributed by atoms with Gasteiger partial charge < -0.3 is 10.1 Å². The highest BCUT2D eigenvalue weighted by Gasteiger charge is 2.42. The molecule has 0 radical (unpaired) electrons. The van der Waals surface area contributed by atoms with Crippen LogP contribution in [0.4, 0.5) is 5.69 Å². The molecule has 180 valence electrons. The van der Waals surface area contributed by atoms with Crippen molar-refractivity contribution >= 4 is 40.7 Å². The van der Waals surface area contributed by atoms with Gasteiger partial charge in [0.1, 0.15) is 11.8 Å². The number of ether oxygens (including phenoxy) is 1. The number of carbonyl (C=O) groups is 3. The second-order valence-electron chi connectivity index (χ2n) is 8.06. The maximum Gasteiger partial charge on any atom is 0.269 e. The van der Waals surface area contributed by atoms with Crippen molar-refractivity contribution in [2.24, 2.45) is 0 Å². The lowest BCUT2D eigenvalue weighted by Crippen LogP contribution is -2.49. The van der Waals surface area contributed by atoms with Crippen LogP contribution in [0, 0.1) is 0 Å². The van der Waals surface area contributed by atoms with Gasteiger partial charge in [-0.2, -0.15) is 0 Å². The summed E-state index contributed by atoms with van der Waals surface area (Å²) >= 11 is 5.31. The zero-order valence-corrected chi connectivity index (χ0v) is 20.3. The van der Waals surface area contributed by atoms with E-state index in [1.165, 1.54) is 29.8 Å². The summed E-state index contributed by atoms with van der Waals surface area (Å²) in [5.41, 5.74) is 3.67. The molecule has 9 heteroatoms. The lowest BCUT2D eigenvalue weighted by molar-refractivity contribution is -0.130. The summed E-state index contributed by atoms with van der Waals surface area (Å²) in [5.74, 6) is -0.409. The van der Waals surface area contributed by atoms with E-state index in [1.54, 1.807) is 54.6 Å². The van der Waals surface area contributed by atoms with Gasteiger partial charge in [-0.15, -0.1) is 0 Å². The molecule has 0 saturated carbocycles. The van der Waals surface area contributed by atoms with Crippen LogP contribution in [-0.4, -0.2) is 52.4 Å². The largest absolute Gasteiger partial charge is 0.494 e. The molecular weight excluding hydrogens is 452 g/mol. The smallest absolute Gasteiger partial charge is 0.269 e. The molecule has 3 rings (SSSR count). The van der Waals surface area contributed by atoms with E-state index in [0.717, 1.165) is 18.6 Å². The molecule has 0 aliphatic carbocycles. The summed E-state index contributed by atoms with van der Waals surface area (Å²) in [5, 5.41) is 4.20. The average molecular weight is 483 g/mol. The fraction of sp³-hybridized carbons (Fsp3) is 0.360. The molecule has 0 bridgehead atoms. The van der Waals surface area contributed by atoms with Crippen molar-refractivity contribution in [3.63, 3.8) is 0 Å². The third-order valence-corrected chi connectivity index (χ3v) is 5.93. The number of thiocarbonyl (C=S) groups is 1. The molecule has 0 spiro atoms. The summed E-state index contributed by atoms with van der Waals surface area (Å²) in [6.45, 7) is 2.83. The highest BCUT2D eigenvalue weighted by molar-refractivity contribution is 7.80. The molecule has 2 aromatic carbocycles. The van der Waals surface area contributed by atoms with E-state index in [1.807, 2.05) is 0 Å². The molecule has 0 aromatic heterocycles. The maximum absolute atomic E-state index is 12.7. The monoisotopic (exact) mass is 482 g/mol. The number of anilines is 1. The molecule has 1 aliphatic rings. The summed E-state index contributed by atoms with van der Waals surface area (Å²) < 4.78 is 5.72. The second-order valence-corrected chi connectivity index (χ2v) is 8.42. The molecule has 1 fully saturated rings. The first-order valence-electron chi connectivity index (χ1n) is 11.4. The van der Waals surface area contributed by atoms with Crippen LogP contribution >= 0.6 is 12.2 Å². The van der Waals surface area contributed by atoms with Crippen molar-refractivity contribution in [1.82, 2.24) is 15.3 Å². The molecule has 8 nitrogen and oxygen atoms in total. The van der Waals surface area contributed by atoms with Crippen LogP contribution in [0.3, 0.4) is 0 Å². The van der Waals surface area contributed by atoms with Crippen LogP contribution in [0.5, 0.6) is 5.75 Å². The van der Waals surface area contributed by atoms with E-state index < -0.39 is 11.9 Å². The van der Waals surface area contributed by atoms with E-state index in [-0.39, 0.29) is 23.3 Å². The van der Waals surface area contributed by atoms with Gasteiger partial charge in [0.2, 0.25) is 5.91 Å². The van der Waals surface area contributed by atoms with Crippen molar-refractivity contribution in [1.29, 1.82) is 0 Å². The van der Waals surface area contributed by atoms with E-state index in [2.05, 4.69) is 17.7 Å². The quantitative estimate of drug-likeness (QED) is 0.375. The Balaban J connectivity index is 1.57. The molecule has 34 heavy (non-hydrogen) atoms. The zero-order chi connectivity index (χ0) is 24.5. The van der Waals surface area contributed by atoms with Gasteiger partial charge in [0.15, 0.2) is 5.11 Å². The molecule has 1 saturated heterocycles. The highest BCUT2D eigenvalue weighted by Crippen LogP contribution is 2.20. The van der Waals surface area contributed by atoms with Gasteiger partial charge in [-0.05, 0) is 55.0 Å². The lowest BCUT2D eigenvalue weighted by Gasteiger charge is -2.24. The van der Waals surface area contributed by atoms with Crippen LogP contribution in [0.2, 0.25) is 0 Å². The van der Waals surface area contributed by atoms with Crippen molar-refractivity contribution in [3.8, 4) is 5.75 Å².